The third-order valence-electron chi connectivity index (χ3n) is 2.88. The first kappa shape index (κ1) is 6.26. The van der Waals surface area contributed by atoms with E-state index in [0.717, 1.165) is 17.8 Å². The van der Waals surface area contributed by atoms with Gasteiger partial charge in [-0.3, -0.25) is 0 Å². The van der Waals surface area contributed by atoms with Gasteiger partial charge in [0.1, 0.15) is 6.10 Å². The second kappa shape index (κ2) is 2.01. The molecule has 0 aromatic heterocycles. The Hall–Kier alpha value is -0.460. The van der Waals surface area contributed by atoms with Gasteiger partial charge >= 0.3 is 0 Å². The van der Waals surface area contributed by atoms with E-state index < -0.39 is 0 Å². The minimum Gasteiger partial charge on any atom is -0.497 e. The van der Waals surface area contributed by atoms with Crippen molar-refractivity contribution in [3.63, 3.8) is 0 Å². The first-order chi connectivity index (χ1) is 4.79. The normalized spacial score (nSPS) is 51.0. The number of rotatable bonds is 0. The average molecular weight is 138 g/mol. The van der Waals surface area contributed by atoms with Crippen LogP contribution in [-0.4, -0.2) is 6.10 Å². The number of ether oxygens (including phenoxy) is 1. The summed E-state index contributed by atoms with van der Waals surface area (Å²) < 4.78 is 5.48. The predicted molar refractivity (Wildman–Crippen MR) is 40.4 cm³/mol. The van der Waals surface area contributed by atoms with Crippen molar-refractivity contribution in [1.82, 2.24) is 0 Å². The molecule has 1 heterocycles. The van der Waals surface area contributed by atoms with E-state index in [4.69, 9.17) is 4.74 Å². The van der Waals surface area contributed by atoms with Crippen LogP contribution in [0.5, 0.6) is 0 Å². The van der Waals surface area contributed by atoms with Gasteiger partial charge in [0.2, 0.25) is 0 Å². The zero-order valence-electron chi connectivity index (χ0n) is 6.58. The van der Waals surface area contributed by atoms with Crippen molar-refractivity contribution < 1.29 is 4.74 Å². The Morgan fingerprint density at radius 1 is 1.30 bits per heavy atom. The van der Waals surface area contributed by atoms with Crippen molar-refractivity contribution in [2.24, 2.45) is 17.8 Å². The molecule has 0 bridgehead atoms. The number of hydrogen-bond acceptors (Lipinski definition) is 1. The van der Waals surface area contributed by atoms with E-state index in [2.05, 4.69) is 19.9 Å². The summed E-state index contributed by atoms with van der Waals surface area (Å²) in [4.78, 5) is 0. The van der Waals surface area contributed by atoms with E-state index in [1.807, 2.05) is 6.26 Å². The maximum Gasteiger partial charge on any atom is 0.107 e. The Morgan fingerprint density at radius 3 is 2.80 bits per heavy atom. The average Bonchev–Trinajstić information content (AvgIpc) is 2.39. The van der Waals surface area contributed by atoms with E-state index in [-0.39, 0.29) is 0 Å². The molecule has 4 atom stereocenters. The van der Waals surface area contributed by atoms with Gasteiger partial charge in [0.25, 0.3) is 0 Å². The zero-order valence-corrected chi connectivity index (χ0v) is 6.58. The Kier molecular flexibility index (Phi) is 1.26. The molecule has 10 heavy (non-hydrogen) atoms. The fourth-order valence-corrected chi connectivity index (χ4v) is 2.33. The quantitative estimate of drug-likeness (QED) is 0.498. The predicted octanol–water partition coefficient (Wildman–Crippen LogP) is 2.19. The summed E-state index contributed by atoms with van der Waals surface area (Å²) >= 11 is 0. The molecule has 0 radical (unpaired) electrons. The summed E-state index contributed by atoms with van der Waals surface area (Å²) in [5.74, 6) is 2.31. The van der Waals surface area contributed by atoms with E-state index in [9.17, 15) is 0 Å². The molecular formula is C9H14O. The topological polar surface area (TPSA) is 9.23 Å². The first-order valence-corrected chi connectivity index (χ1v) is 4.11. The van der Waals surface area contributed by atoms with Gasteiger partial charge in [-0.2, -0.15) is 0 Å². The van der Waals surface area contributed by atoms with Crippen molar-refractivity contribution in [3.8, 4) is 0 Å². The number of fused-ring (bicyclic) bond motifs is 1. The van der Waals surface area contributed by atoms with E-state index in [1.54, 1.807) is 0 Å². The fraction of sp³-hybridized carbons (Fsp3) is 0.778. The first-order valence-electron chi connectivity index (χ1n) is 4.11. The summed E-state index contributed by atoms with van der Waals surface area (Å²) in [6.45, 7) is 4.61. The summed E-state index contributed by atoms with van der Waals surface area (Å²) in [7, 11) is 0. The van der Waals surface area contributed by atoms with Crippen LogP contribution in [0.1, 0.15) is 20.3 Å². The second-order valence-corrected chi connectivity index (χ2v) is 3.70. The molecule has 0 aromatic carbocycles. The van der Waals surface area contributed by atoms with Crippen molar-refractivity contribution in [3.05, 3.63) is 12.3 Å². The smallest absolute Gasteiger partial charge is 0.107 e. The summed E-state index contributed by atoms with van der Waals surface area (Å²) in [5, 5.41) is 0. The van der Waals surface area contributed by atoms with Crippen LogP contribution in [0.25, 0.3) is 0 Å². The molecule has 0 N–H and O–H groups in total. The summed E-state index contributed by atoms with van der Waals surface area (Å²) in [6, 6.07) is 0. The van der Waals surface area contributed by atoms with Gasteiger partial charge < -0.3 is 4.74 Å². The van der Waals surface area contributed by atoms with Crippen LogP contribution < -0.4 is 0 Å². The van der Waals surface area contributed by atoms with Crippen molar-refractivity contribution >= 4 is 0 Å². The SMILES string of the molecule is C[C@@H]1C[C@@H](C)[C@H]2OC=C[C@H]21. The molecule has 1 heteroatoms. The molecule has 1 fully saturated rings. The van der Waals surface area contributed by atoms with Crippen molar-refractivity contribution in [2.75, 3.05) is 0 Å². The molecule has 0 unspecified atom stereocenters. The molecular weight excluding hydrogens is 124 g/mol. The molecule has 0 saturated heterocycles. The standard InChI is InChI=1S/C9H14O/c1-6-5-7(2)9-8(6)3-4-10-9/h3-4,6-9H,5H2,1-2H3/t6-,7-,8+,9-/m1/s1. The lowest BCUT2D eigenvalue weighted by Crippen LogP contribution is -2.16. The molecule has 0 amide bonds. The third kappa shape index (κ3) is 0.695. The molecule has 1 aliphatic carbocycles. The Labute approximate surface area is 62.1 Å². The van der Waals surface area contributed by atoms with Crippen LogP contribution in [0.3, 0.4) is 0 Å². The van der Waals surface area contributed by atoms with Gasteiger partial charge in [-0.15, -0.1) is 0 Å². The largest absolute Gasteiger partial charge is 0.497 e. The lowest BCUT2D eigenvalue weighted by atomic mass is 9.98. The van der Waals surface area contributed by atoms with Crippen molar-refractivity contribution in [2.45, 2.75) is 26.4 Å². The van der Waals surface area contributed by atoms with E-state index in [1.165, 1.54) is 6.42 Å². The van der Waals surface area contributed by atoms with Crippen LogP contribution in [0, 0.1) is 17.8 Å². The minimum atomic E-state index is 0.509. The highest BCUT2D eigenvalue weighted by molar-refractivity contribution is 5.04. The van der Waals surface area contributed by atoms with Gasteiger partial charge in [0.05, 0.1) is 6.26 Å². The fourth-order valence-electron chi connectivity index (χ4n) is 2.33. The molecule has 2 aliphatic rings. The lowest BCUT2D eigenvalue weighted by molar-refractivity contribution is 0.114. The van der Waals surface area contributed by atoms with Gasteiger partial charge in [-0.25, -0.2) is 0 Å². The maximum absolute atomic E-state index is 5.48. The van der Waals surface area contributed by atoms with Gasteiger partial charge in [-0.1, -0.05) is 13.8 Å². The van der Waals surface area contributed by atoms with Crippen LogP contribution in [0.2, 0.25) is 0 Å². The Bertz CT molecular complexity index is 162. The molecule has 1 saturated carbocycles. The molecule has 1 aliphatic heterocycles. The van der Waals surface area contributed by atoms with Gasteiger partial charge in [-0.05, 0) is 24.3 Å². The molecule has 56 valence electrons. The highest BCUT2D eigenvalue weighted by Crippen LogP contribution is 2.41. The van der Waals surface area contributed by atoms with Crippen LogP contribution in [-0.2, 0) is 4.74 Å². The molecule has 2 rings (SSSR count). The van der Waals surface area contributed by atoms with Crippen LogP contribution in [0.4, 0.5) is 0 Å². The number of hydrogen-bond donors (Lipinski definition) is 0. The van der Waals surface area contributed by atoms with Crippen molar-refractivity contribution in [1.29, 1.82) is 0 Å². The molecule has 0 aromatic rings. The van der Waals surface area contributed by atoms with Crippen LogP contribution in [0.15, 0.2) is 12.3 Å². The van der Waals surface area contributed by atoms with Gasteiger partial charge in [0.15, 0.2) is 0 Å². The third-order valence-corrected chi connectivity index (χ3v) is 2.88. The lowest BCUT2D eigenvalue weighted by Gasteiger charge is -2.13. The van der Waals surface area contributed by atoms with E-state index >= 15 is 0 Å². The van der Waals surface area contributed by atoms with E-state index in [0.29, 0.717) is 6.10 Å². The van der Waals surface area contributed by atoms with Crippen LogP contribution >= 0.6 is 0 Å². The molecule has 1 nitrogen and oxygen atoms in total. The molecule has 0 spiro atoms. The second-order valence-electron chi connectivity index (χ2n) is 3.70. The van der Waals surface area contributed by atoms with Gasteiger partial charge in [0, 0.05) is 5.92 Å². The highest BCUT2D eigenvalue weighted by atomic mass is 16.5. The Morgan fingerprint density at radius 2 is 2.10 bits per heavy atom. The highest BCUT2D eigenvalue weighted by Gasteiger charge is 2.40. The Balaban J connectivity index is 2.17. The zero-order chi connectivity index (χ0) is 7.14. The minimum absolute atomic E-state index is 0.509. The monoisotopic (exact) mass is 138 g/mol. The summed E-state index contributed by atoms with van der Waals surface area (Å²) in [5.41, 5.74) is 0. The maximum atomic E-state index is 5.48. The summed E-state index contributed by atoms with van der Waals surface area (Å²) in [6.07, 6.45) is 5.94.